The molecule has 11 heteroatoms. The minimum Gasteiger partial charge on any atom is -0.481 e. The molecule has 2 aliphatic heterocycles. The van der Waals surface area contributed by atoms with Crippen molar-refractivity contribution in [3.8, 4) is 22.8 Å². The lowest BCUT2D eigenvalue weighted by Gasteiger charge is -2.32. The second-order valence-electron chi connectivity index (χ2n) is 7.97. The Kier molecular flexibility index (Phi) is 6.87. The number of carboxylic acids is 1. The van der Waals surface area contributed by atoms with E-state index in [2.05, 4.69) is 9.72 Å². The monoisotopic (exact) mass is 467 g/mol. The zero-order chi connectivity index (χ0) is 23.4. The number of aliphatic carboxylic acids is 1. The molecule has 0 bridgehead atoms. The van der Waals surface area contributed by atoms with Crippen molar-refractivity contribution in [2.75, 3.05) is 38.0 Å². The minimum absolute atomic E-state index is 0.0373. The maximum atomic E-state index is 12.2. The number of aryl methyl sites for hydroxylation is 1. The fourth-order valence-electron chi connectivity index (χ4n) is 3.88. The molecule has 0 radical (unpaired) electrons. The van der Waals surface area contributed by atoms with Crippen LogP contribution in [0.3, 0.4) is 0 Å². The van der Waals surface area contributed by atoms with Crippen molar-refractivity contribution in [2.45, 2.75) is 31.9 Å². The van der Waals surface area contributed by atoms with E-state index in [0.29, 0.717) is 67.5 Å². The van der Waals surface area contributed by atoms with Gasteiger partial charge in [-0.15, -0.1) is 0 Å². The first kappa shape index (κ1) is 23.1. The molecule has 1 aromatic carbocycles. The van der Waals surface area contributed by atoms with Gasteiger partial charge in [0.25, 0.3) is 0 Å². The molecule has 4 rings (SSSR count). The van der Waals surface area contributed by atoms with Gasteiger partial charge in [0.05, 0.1) is 11.6 Å². The number of alkyl halides is 3. The second kappa shape index (κ2) is 9.82. The standard InChI is InChI=1S/C22H24F3N3O5/c23-22(24,25)12-31-9-1-2-16-11-26-19(15-3-4-17-18(10-15)33-13-32-17)20(27-16)28-7-5-14(6-8-28)21(29)30/h3-4,10-11,14H,1-2,5-9,12-13H2,(H,29,30). The third-order valence-electron chi connectivity index (χ3n) is 5.58. The van der Waals surface area contributed by atoms with E-state index < -0.39 is 24.7 Å². The summed E-state index contributed by atoms with van der Waals surface area (Å²) in [6.07, 6.45) is -0.974. The molecule has 0 amide bonds. The van der Waals surface area contributed by atoms with E-state index in [1.807, 2.05) is 17.0 Å². The average molecular weight is 467 g/mol. The van der Waals surface area contributed by atoms with Crippen LogP contribution in [0.25, 0.3) is 11.3 Å². The lowest BCUT2D eigenvalue weighted by Crippen LogP contribution is -2.37. The number of benzene rings is 1. The van der Waals surface area contributed by atoms with Crippen molar-refractivity contribution in [2.24, 2.45) is 5.92 Å². The predicted molar refractivity (Wildman–Crippen MR) is 111 cm³/mol. The van der Waals surface area contributed by atoms with Crippen molar-refractivity contribution in [1.82, 2.24) is 9.97 Å². The van der Waals surface area contributed by atoms with Crippen LogP contribution in [0.4, 0.5) is 19.0 Å². The molecule has 2 aromatic rings. The van der Waals surface area contributed by atoms with Gasteiger partial charge in [0.15, 0.2) is 17.3 Å². The van der Waals surface area contributed by atoms with Crippen LogP contribution in [-0.2, 0) is 16.0 Å². The molecule has 178 valence electrons. The molecule has 3 heterocycles. The van der Waals surface area contributed by atoms with Crippen molar-refractivity contribution in [3.05, 3.63) is 30.1 Å². The summed E-state index contributed by atoms with van der Waals surface area (Å²) in [4.78, 5) is 22.7. The van der Waals surface area contributed by atoms with Crippen LogP contribution >= 0.6 is 0 Å². The summed E-state index contributed by atoms with van der Waals surface area (Å²) in [7, 11) is 0. The van der Waals surface area contributed by atoms with E-state index in [4.69, 9.17) is 14.5 Å². The predicted octanol–water partition coefficient (Wildman–Crippen LogP) is 3.68. The lowest BCUT2D eigenvalue weighted by molar-refractivity contribution is -0.174. The first-order valence-corrected chi connectivity index (χ1v) is 10.7. The molecule has 0 unspecified atom stereocenters. The molecular formula is C22H24F3N3O5. The largest absolute Gasteiger partial charge is 0.481 e. The topological polar surface area (TPSA) is 94.0 Å². The number of hydrogen-bond donors (Lipinski definition) is 1. The Morgan fingerprint density at radius 1 is 1.21 bits per heavy atom. The molecule has 2 aliphatic rings. The Labute approximate surface area is 188 Å². The molecule has 0 aliphatic carbocycles. The van der Waals surface area contributed by atoms with Crippen LogP contribution in [0.15, 0.2) is 24.4 Å². The van der Waals surface area contributed by atoms with Gasteiger partial charge in [-0.3, -0.25) is 9.78 Å². The number of halogens is 3. The molecule has 0 saturated carbocycles. The van der Waals surface area contributed by atoms with Crippen molar-refractivity contribution in [3.63, 3.8) is 0 Å². The van der Waals surface area contributed by atoms with E-state index in [0.717, 1.165) is 5.56 Å². The lowest BCUT2D eigenvalue weighted by atomic mass is 9.97. The van der Waals surface area contributed by atoms with Crippen molar-refractivity contribution >= 4 is 11.8 Å². The summed E-state index contributed by atoms with van der Waals surface area (Å²) in [5, 5.41) is 9.30. The molecule has 8 nitrogen and oxygen atoms in total. The van der Waals surface area contributed by atoms with E-state index in [1.54, 1.807) is 12.3 Å². The number of ether oxygens (including phenoxy) is 3. The van der Waals surface area contributed by atoms with Crippen LogP contribution in [0, 0.1) is 5.92 Å². The SMILES string of the molecule is O=C(O)C1CCN(c2nc(CCCOCC(F)(F)F)cnc2-c2ccc3c(c2)OCO3)CC1. The zero-order valence-corrected chi connectivity index (χ0v) is 17.8. The Balaban J connectivity index is 1.52. The first-order chi connectivity index (χ1) is 15.8. The van der Waals surface area contributed by atoms with Gasteiger partial charge in [0.1, 0.15) is 12.3 Å². The van der Waals surface area contributed by atoms with E-state index in [-0.39, 0.29) is 13.4 Å². The van der Waals surface area contributed by atoms with Gasteiger partial charge in [0, 0.05) is 31.5 Å². The van der Waals surface area contributed by atoms with Crippen molar-refractivity contribution < 1.29 is 37.3 Å². The van der Waals surface area contributed by atoms with Gasteiger partial charge in [-0.2, -0.15) is 13.2 Å². The highest BCUT2D eigenvalue weighted by atomic mass is 19.4. The number of carbonyl (C=O) groups is 1. The number of rotatable bonds is 8. The molecule has 33 heavy (non-hydrogen) atoms. The summed E-state index contributed by atoms with van der Waals surface area (Å²) < 4.78 is 52.2. The molecule has 0 spiro atoms. The normalized spacial score (nSPS) is 16.3. The molecule has 1 N–H and O–H groups in total. The molecule has 1 aromatic heterocycles. The van der Waals surface area contributed by atoms with E-state index in [9.17, 15) is 23.1 Å². The van der Waals surface area contributed by atoms with Gasteiger partial charge in [-0.25, -0.2) is 4.98 Å². The number of hydrogen-bond acceptors (Lipinski definition) is 7. The molecule has 1 saturated heterocycles. The molecule has 0 atom stereocenters. The fraction of sp³-hybridized carbons (Fsp3) is 0.500. The summed E-state index contributed by atoms with van der Waals surface area (Å²) in [5.41, 5.74) is 2.03. The quantitative estimate of drug-likeness (QED) is 0.588. The first-order valence-electron chi connectivity index (χ1n) is 10.7. The summed E-state index contributed by atoms with van der Waals surface area (Å²) in [6, 6.07) is 5.48. The Bertz CT molecular complexity index is 994. The molecule has 1 fully saturated rings. The number of carboxylic acid groups (broad SMARTS) is 1. The van der Waals surface area contributed by atoms with E-state index in [1.165, 1.54) is 0 Å². The van der Waals surface area contributed by atoms with Gasteiger partial charge in [-0.1, -0.05) is 0 Å². The average Bonchev–Trinajstić information content (AvgIpc) is 3.26. The Morgan fingerprint density at radius 2 is 1.97 bits per heavy atom. The van der Waals surface area contributed by atoms with Crippen LogP contribution in [0.2, 0.25) is 0 Å². The number of nitrogens with zero attached hydrogens (tertiary/aromatic N) is 3. The maximum absolute atomic E-state index is 12.2. The number of fused-ring (bicyclic) bond motifs is 1. The smallest absolute Gasteiger partial charge is 0.411 e. The highest BCUT2D eigenvalue weighted by Gasteiger charge is 2.28. The van der Waals surface area contributed by atoms with Crippen molar-refractivity contribution in [1.29, 1.82) is 0 Å². The van der Waals surface area contributed by atoms with Crippen LogP contribution in [-0.4, -0.2) is 60.3 Å². The summed E-state index contributed by atoms with van der Waals surface area (Å²) in [6.45, 7) is -0.131. The number of aromatic nitrogens is 2. The number of piperidine rings is 1. The van der Waals surface area contributed by atoms with E-state index >= 15 is 0 Å². The van der Waals surface area contributed by atoms with Crippen LogP contribution in [0.5, 0.6) is 11.5 Å². The molecular weight excluding hydrogens is 443 g/mol. The van der Waals surface area contributed by atoms with Gasteiger partial charge < -0.3 is 24.2 Å². The second-order valence-corrected chi connectivity index (χ2v) is 7.97. The summed E-state index contributed by atoms with van der Waals surface area (Å²) in [5.74, 6) is 0.676. The van der Waals surface area contributed by atoms with Crippen LogP contribution < -0.4 is 14.4 Å². The maximum Gasteiger partial charge on any atom is 0.411 e. The van der Waals surface area contributed by atoms with Gasteiger partial charge >= 0.3 is 12.1 Å². The highest BCUT2D eigenvalue weighted by Crippen LogP contribution is 2.38. The number of anilines is 1. The Hall–Kier alpha value is -3.08. The fourth-order valence-corrected chi connectivity index (χ4v) is 3.88. The minimum atomic E-state index is -4.35. The Morgan fingerprint density at radius 3 is 2.70 bits per heavy atom. The third-order valence-corrected chi connectivity index (χ3v) is 5.58. The van der Waals surface area contributed by atoms with Gasteiger partial charge in [-0.05, 0) is 43.9 Å². The third kappa shape index (κ3) is 5.84. The summed E-state index contributed by atoms with van der Waals surface area (Å²) >= 11 is 0. The van der Waals surface area contributed by atoms with Crippen LogP contribution in [0.1, 0.15) is 25.0 Å². The van der Waals surface area contributed by atoms with Gasteiger partial charge in [0.2, 0.25) is 6.79 Å². The highest BCUT2D eigenvalue weighted by molar-refractivity contribution is 5.75. The zero-order valence-electron chi connectivity index (χ0n) is 17.8.